The minimum absolute atomic E-state index is 0.0608. The van der Waals surface area contributed by atoms with E-state index in [1.54, 1.807) is 18.4 Å². The lowest BCUT2D eigenvalue weighted by atomic mass is 10.2. The van der Waals surface area contributed by atoms with Crippen LogP contribution in [-0.4, -0.2) is 57.4 Å². The number of aryl methyl sites for hydroxylation is 2. The molecule has 1 fully saturated rings. The van der Waals surface area contributed by atoms with Crippen molar-refractivity contribution >= 4 is 11.6 Å². The molecule has 3 aromatic heterocycles. The number of H-pyrrole nitrogens is 2. The summed E-state index contributed by atoms with van der Waals surface area (Å²) < 4.78 is 5.32. The Hall–Kier alpha value is -3.03. The molecule has 1 amide bonds. The molecule has 3 aromatic rings. The van der Waals surface area contributed by atoms with Gasteiger partial charge < -0.3 is 14.2 Å². The second-order valence-electron chi connectivity index (χ2n) is 6.21. The van der Waals surface area contributed by atoms with E-state index < -0.39 is 0 Å². The van der Waals surface area contributed by atoms with Gasteiger partial charge in [-0.15, -0.1) is 0 Å². The second kappa shape index (κ2) is 6.12. The van der Waals surface area contributed by atoms with Gasteiger partial charge in [0.2, 0.25) is 0 Å². The Morgan fingerprint density at radius 2 is 1.96 bits per heavy atom. The van der Waals surface area contributed by atoms with Crippen LogP contribution in [0.5, 0.6) is 0 Å². The first-order chi connectivity index (χ1) is 12.1. The number of nitrogens with one attached hydrogen (secondary N) is 2. The van der Waals surface area contributed by atoms with Crippen LogP contribution >= 0.6 is 0 Å². The Morgan fingerprint density at radius 3 is 2.60 bits per heavy atom. The summed E-state index contributed by atoms with van der Waals surface area (Å²) >= 11 is 0. The number of aromatic amines is 2. The third-order valence-corrected chi connectivity index (χ3v) is 4.56. The highest BCUT2D eigenvalue weighted by molar-refractivity contribution is 5.93. The topological polar surface area (TPSA) is 94.0 Å². The van der Waals surface area contributed by atoms with Crippen LogP contribution in [0.2, 0.25) is 0 Å². The lowest BCUT2D eigenvalue weighted by Gasteiger charge is -2.35. The van der Waals surface area contributed by atoms with Crippen LogP contribution < -0.4 is 4.90 Å². The number of aromatic nitrogens is 4. The molecule has 25 heavy (non-hydrogen) atoms. The number of piperazine rings is 1. The summed E-state index contributed by atoms with van der Waals surface area (Å²) in [7, 11) is 0. The van der Waals surface area contributed by atoms with Crippen molar-refractivity contribution in [2.45, 2.75) is 13.8 Å². The normalized spacial score (nSPS) is 15.0. The maximum Gasteiger partial charge on any atom is 0.274 e. The van der Waals surface area contributed by atoms with Crippen LogP contribution in [0.4, 0.5) is 5.69 Å². The SMILES string of the molecule is Cc1n[nH]c(C)c1N1CCN(C(=O)c2cc(-c3ccco3)[nH]n2)CC1. The molecule has 0 spiro atoms. The third kappa shape index (κ3) is 2.79. The quantitative estimate of drug-likeness (QED) is 0.760. The van der Waals surface area contributed by atoms with Crippen LogP contribution in [0, 0.1) is 13.8 Å². The maximum absolute atomic E-state index is 12.7. The number of anilines is 1. The zero-order valence-corrected chi connectivity index (χ0v) is 14.2. The van der Waals surface area contributed by atoms with Gasteiger partial charge in [0.15, 0.2) is 11.5 Å². The van der Waals surface area contributed by atoms with Crippen LogP contribution in [0.3, 0.4) is 0 Å². The number of carbonyl (C=O) groups is 1. The average Bonchev–Trinajstić information content (AvgIpc) is 3.35. The highest BCUT2D eigenvalue weighted by Crippen LogP contribution is 2.24. The minimum Gasteiger partial charge on any atom is -0.463 e. The highest BCUT2D eigenvalue weighted by atomic mass is 16.3. The van der Waals surface area contributed by atoms with Crippen molar-refractivity contribution < 1.29 is 9.21 Å². The Bertz CT molecular complexity index is 851. The van der Waals surface area contributed by atoms with Gasteiger partial charge in [0.25, 0.3) is 5.91 Å². The molecule has 4 heterocycles. The van der Waals surface area contributed by atoms with E-state index in [0.717, 1.165) is 30.2 Å². The van der Waals surface area contributed by atoms with Crippen LogP contribution in [0.25, 0.3) is 11.5 Å². The molecule has 0 bridgehead atoms. The number of nitrogens with zero attached hydrogens (tertiary/aromatic N) is 4. The lowest BCUT2D eigenvalue weighted by Crippen LogP contribution is -2.49. The molecule has 1 aliphatic heterocycles. The van der Waals surface area contributed by atoms with E-state index in [4.69, 9.17) is 4.42 Å². The van der Waals surface area contributed by atoms with Gasteiger partial charge in [-0.2, -0.15) is 10.2 Å². The van der Waals surface area contributed by atoms with E-state index in [1.807, 2.05) is 24.8 Å². The molecular formula is C17H20N6O2. The van der Waals surface area contributed by atoms with E-state index in [-0.39, 0.29) is 5.91 Å². The summed E-state index contributed by atoms with van der Waals surface area (Å²) in [6, 6.07) is 5.37. The fraction of sp³-hybridized carbons (Fsp3) is 0.353. The fourth-order valence-electron chi connectivity index (χ4n) is 3.30. The first-order valence-electron chi connectivity index (χ1n) is 8.28. The van der Waals surface area contributed by atoms with Gasteiger partial charge in [0, 0.05) is 32.2 Å². The third-order valence-electron chi connectivity index (χ3n) is 4.56. The van der Waals surface area contributed by atoms with Crippen molar-refractivity contribution in [1.82, 2.24) is 25.3 Å². The maximum atomic E-state index is 12.7. The van der Waals surface area contributed by atoms with Gasteiger partial charge in [-0.1, -0.05) is 0 Å². The molecule has 4 rings (SSSR count). The zero-order valence-electron chi connectivity index (χ0n) is 14.2. The van der Waals surface area contributed by atoms with Crippen LogP contribution in [0.15, 0.2) is 28.9 Å². The minimum atomic E-state index is -0.0608. The van der Waals surface area contributed by atoms with Crippen LogP contribution in [0.1, 0.15) is 21.9 Å². The van der Waals surface area contributed by atoms with Crippen molar-refractivity contribution in [3.05, 3.63) is 41.5 Å². The van der Waals surface area contributed by atoms with E-state index in [1.165, 1.54) is 0 Å². The summed E-state index contributed by atoms with van der Waals surface area (Å²) in [5.74, 6) is 0.608. The van der Waals surface area contributed by atoms with E-state index in [2.05, 4.69) is 25.3 Å². The first kappa shape index (κ1) is 15.5. The van der Waals surface area contributed by atoms with Crippen molar-refractivity contribution in [2.75, 3.05) is 31.1 Å². The lowest BCUT2D eigenvalue weighted by molar-refractivity contribution is 0.0741. The van der Waals surface area contributed by atoms with Gasteiger partial charge in [0.1, 0.15) is 5.69 Å². The van der Waals surface area contributed by atoms with Crippen molar-refractivity contribution in [2.24, 2.45) is 0 Å². The zero-order chi connectivity index (χ0) is 17.4. The summed E-state index contributed by atoms with van der Waals surface area (Å²) in [4.78, 5) is 16.8. The number of amides is 1. The van der Waals surface area contributed by atoms with E-state index in [0.29, 0.717) is 30.2 Å². The molecule has 130 valence electrons. The van der Waals surface area contributed by atoms with Gasteiger partial charge in [-0.3, -0.25) is 15.0 Å². The molecule has 1 aliphatic rings. The summed E-state index contributed by atoms with van der Waals surface area (Å²) in [6.07, 6.45) is 1.59. The molecule has 8 nitrogen and oxygen atoms in total. The molecule has 0 aromatic carbocycles. The van der Waals surface area contributed by atoms with Crippen molar-refractivity contribution in [1.29, 1.82) is 0 Å². The van der Waals surface area contributed by atoms with Gasteiger partial charge in [0.05, 0.1) is 23.3 Å². The van der Waals surface area contributed by atoms with Crippen LogP contribution in [-0.2, 0) is 0 Å². The Labute approximate surface area is 144 Å². The molecule has 1 saturated heterocycles. The molecule has 0 saturated carbocycles. The number of furan rings is 1. The predicted octanol–water partition coefficient (Wildman–Crippen LogP) is 1.97. The Morgan fingerprint density at radius 1 is 1.16 bits per heavy atom. The molecule has 0 unspecified atom stereocenters. The molecule has 0 aliphatic carbocycles. The summed E-state index contributed by atoms with van der Waals surface area (Å²) in [5.41, 5.74) is 4.32. The van der Waals surface area contributed by atoms with Gasteiger partial charge in [-0.25, -0.2) is 0 Å². The second-order valence-corrected chi connectivity index (χ2v) is 6.21. The highest BCUT2D eigenvalue weighted by Gasteiger charge is 2.26. The molecule has 0 atom stereocenters. The number of hydrogen-bond donors (Lipinski definition) is 2. The van der Waals surface area contributed by atoms with Gasteiger partial charge >= 0.3 is 0 Å². The number of rotatable bonds is 3. The number of hydrogen-bond acceptors (Lipinski definition) is 5. The van der Waals surface area contributed by atoms with Crippen molar-refractivity contribution in [3.63, 3.8) is 0 Å². The predicted molar refractivity (Wildman–Crippen MR) is 92.5 cm³/mol. The van der Waals surface area contributed by atoms with E-state index >= 15 is 0 Å². The number of carbonyl (C=O) groups excluding carboxylic acids is 1. The Kier molecular flexibility index (Phi) is 3.79. The molecular weight excluding hydrogens is 320 g/mol. The standard InChI is InChI=1S/C17H20N6O2/c1-11-16(12(2)19-18-11)22-5-7-23(8-6-22)17(24)14-10-13(20-21-14)15-4-3-9-25-15/h3-4,9-10H,5-8H2,1-2H3,(H,18,19)(H,20,21). The van der Waals surface area contributed by atoms with E-state index in [9.17, 15) is 4.79 Å². The summed E-state index contributed by atoms with van der Waals surface area (Å²) in [5, 5.41) is 14.3. The fourth-order valence-corrected chi connectivity index (χ4v) is 3.30. The molecule has 0 radical (unpaired) electrons. The largest absolute Gasteiger partial charge is 0.463 e. The average molecular weight is 340 g/mol. The molecule has 8 heteroatoms. The summed E-state index contributed by atoms with van der Waals surface area (Å²) in [6.45, 7) is 6.89. The van der Waals surface area contributed by atoms with Gasteiger partial charge in [-0.05, 0) is 26.0 Å². The smallest absolute Gasteiger partial charge is 0.274 e. The Balaban J connectivity index is 1.43. The first-order valence-corrected chi connectivity index (χ1v) is 8.28. The molecule has 2 N–H and O–H groups in total. The monoisotopic (exact) mass is 340 g/mol. The van der Waals surface area contributed by atoms with Crippen molar-refractivity contribution in [3.8, 4) is 11.5 Å².